The number of hydrogen-bond acceptors (Lipinski definition) is 5. The van der Waals surface area contributed by atoms with Crippen LogP contribution >= 0.6 is 12.2 Å². The molecule has 0 unspecified atom stereocenters. The largest absolute Gasteiger partial charge is 0.491 e. The van der Waals surface area contributed by atoms with Crippen molar-refractivity contribution in [2.45, 2.75) is 19.8 Å². The third-order valence-corrected chi connectivity index (χ3v) is 4.81. The summed E-state index contributed by atoms with van der Waals surface area (Å²) in [4.78, 5) is 25.7. The van der Waals surface area contributed by atoms with Crippen LogP contribution in [0, 0.1) is 0 Å². The predicted molar refractivity (Wildman–Crippen MR) is 124 cm³/mol. The van der Waals surface area contributed by atoms with Crippen molar-refractivity contribution in [1.29, 1.82) is 0 Å². The fourth-order valence-electron chi connectivity index (χ4n) is 2.81. The molecule has 8 heteroatoms. The maximum atomic E-state index is 12.7. The minimum Gasteiger partial charge on any atom is -0.491 e. The molecule has 0 radical (unpaired) electrons. The predicted octanol–water partition coefficient (Wildman–Crippen LogP) is 2.54. The van der Waals surface area contributed by atoms with Gasteiger partial charge in [-0.05, 0) is 49.3 Å². The number of thiocarbonyl (C=S) groups is 1. The van der Waals surface area contributed by atoms with Crippen molar-refractivity contribution in [3.63, 3.8) is 0 Å². The number of rotatable bonds is 12. The topological polar surface area (TPSA) is 93.9 Å². The molecule has 2 aromatic rings. The summed E-state index contributed by atoms with van der Waals surface area (Å²) in [6, 6.07) is 16.8. The Balaban J connectivity index is 1.97. The second kappa shape index (κ2) is 13.4. The number of nitrogens with one attached hydrogen (secondary N) is 1. The molecule has 0 bridgehead atoms. The van der Waals surface area contributed by atoms with E-state index in [0.717, 1.165) is 12.0 Å². The van der Waals surface area contributed by atoms with E-state index in [2.05, 4.69) is 5.32 Å². The van der Waals surface area contributed by atoms with E-state index < -0.39 is 5.91 Å². The van der Waals surface area contributed by atoms with E-state index in [0.29, 0.717) is 44.2 Å². The highest BCUT2D eigenvalue weighted by molar-refractivity contribution is 7.80. The van der Waals surface area contributed by atoms with Gasteiger partial charge in [0.05, 0.1) is 6.61 Å². The van der Waals surface area contributed by atoms with E-state index >= 15 is 0 Å². The number of hydrogen-bond donors (Lipinski definition) is 2. The van der Waals surface area contributed by atoms with E-state index in [1.165, 1.54) is 0 Å². The van der Waals surface area contributed by atoms with Gasteiger partial charge in [-0.25, -0.2) is 0 Å². The minimum atomic E-state index is -0.421. The van der Waals surface area contributed by atoms with Crippen molar-refractivity contribution in [2.75, 3.05) is 32.9 Å². The van der Waals surface area contributed by atoms with Crippen molar-refractivity contribution >= 4 is 29.1 Å². The van der Waals surface area contributed by atoms with E-state index in [1.807, 2.05) is 37.3 Å². The van der Waals surface area contributed by atoms with Gasteiger partial charge in [0, 0.05) is 31.7 Å². The number of carbonyl (C=O) groups excluding carboxylic acids is 2. The first-order valence-electron chi connectivity index (χ1n) is 10.2. The molecule has 0 aliphatic rings. The first-order valence-corrected chi connectivity index (χ1v) is 10.6. The number of primary amides is 1. The molecule has 0 fully saturated rings. The lowest BCUT2D eigenvalue weighted by atomic mass is 10.1. The van der Waals surface area contributed by atoms with Gasteiger partial charge in [-0.15, -0.1) is 0 Å². The van der Waals surface area contributed by atoms with Gasteiger partial charge in [-0.1, -0.05) is 36.4 Å². The number of amides is 2. The van der Waals surface area contributed by atoms with Crippen LogP contribution in [0.3, 0.4) is 0 Å². The summed E-state index contributed by atoms with van der Waals surface area (Å²) in [5.41, 5.74) is 6.86. The zero-order valence-corrected chi connectivity index (χ0v) is 18.5. The fraction of sp³-hybridized carbons (Fsp3) is 0.348. The summed E-state index contributed by atoms with van der Waals surface area (Å²) in [6.45, 7) is 4.31. The lowest BCUT2D eigenvalue weighted by molar-refractivity contribution is -0.118. The number of benzene rings is 2. The first-order chi connectivity index (χ1) is 15.0. The Kier molecular flexibility index (Phi) is 10.5. The molecule has 3 N–H and O–H groups in total. The SMILES string of the molecule is CCOCCOc1cccc(C(=O)NC(=S)N(CCC(N)=O)CCc2ccccc2)c1. The van der Waals surface area contributed by atoms with Crippen LogP contribution in [0.4, 0.5) is 0 Å². The van der Waals surface area contributed by atoms with Crippen molar-refractivity contribution in [2.24, 2.45) is 5.73 Å². The molecule has 31 heavy (non-hydrogen) atoms. The minimum absolute atomic E-state index is 0.147. The highest BCUT2D eigenvalue weighted by Crippen LogP contribution is 2.13. The van der Waals surface area contributed by atoms with Gasteiger partial charge in [-0.2, -0.15) is 0 Å². The Hall–Kier alpha value is -2.97. The van der Waals surface area contributed by atoms with Gasteiger partial charge in [0.15, 0.2) is 5.11 Å². The molecule has 0 aliphatic heterocycles. The van der Waals surface area contributed by atoms with Crippen molar-refractivity contribution < 1.29 is 19.1 Å². The molecule has 0 saturated heterocycles. The number of ether oxygens (including phenoxy) is 2. The third-order valence-electron chi connectivity index (χ3n) is 4.45. The van der Waals surface area contributed by atoms with Gasteiger partial charge in [0.1, 0.15) is 12.4 Å². The quantitative estimate of drug-likeness (QED) is 0.387. The Morgan fingerprint density at radius 3 is 2.55 bits per heavy atom. The number of nitrogens with zero attached hydrogens (tertiary/aromatic N) is 1. The zero-order chi connectivity index (χ0) is 22.5. The number of nitrogens with two attached hydrogens (primary N) is 1. The maximum absolute atomic E-state index is 12.7. The highest BCUT2D eigenvalue weighted by Gasteiger charge is 2.15. The first kappa shape index (κ1) is 24.3. The van der Waals surface area contributed by atoms with Crippen molar-refractivity contribution in [3.05, 3.63) is 65.7 Å². The van der Waals surface area contributed by atoms with Crippen LogP contribution in [-0.2, 0) is 16.0 Å². The molecule has 0 heterocycles. The molecule has 0 aliphatic carbocycles. The van der Waals surface area contributed by atoms with E-state index in [9.17, 15) is 9.59 Å². The second-order valence-corrected chi connectivity index (χ2v) is 7.16. The molecule has 7 nitrogen and oxygen atoms in total. The van der Waals surface area contributed by atoms with Gasteiger partial charge < -0.3 is 20.1 Å². The third kappa shape index (κ3) is 9.15. The molecule has 0 atom stereocenters. The van der Waals surface area contributed by atoms with Gasteiger partial charge in [-0.3, -0.25) is 14.9 Å². The Morgan fingerprint density at radius 2 is 1.84 bits per heavy atom. The average Bonchev–Trinajstić information content (AvgIpc) is 2.77. The Labute approximate surface area is 188 Å². The van der Waals surface area contributed by atoms with E-state index in [-0.39, 0.29) is 17.4 Å². The average molecular weight is 444 g/mol. The molecular formula is C23H29N3O4S. The lowest BCUT2D eigenvalue weighted by Gasteiger charge is -2.25. The van der Waals surface area contributed by atoms with Gasteiger partial charge in [0.25, 0.3) is 5.91 Å². The zero-order valence-electron chi connectivity index (χ0n) is 17.7. The van der Waals surface area contributed by atoms with Crippen LogP contribution in [0.5, 0.6) is 5.75 Å². The fourth-order valence-corrected chi connectivity index (χ4v) is 3.08. The van der Waals surface area contributed by atoms with Crippen molar-refractivity contribution in [1.82, 2.24) is 10.2 Å². The molecule has 2 aromatic carbocycles. The summed E-state index contributed by atoms with van der Waals surface area (Å²) in [6.07, 6.45) is 0.868. The Bertz CT molecular complexity index is 861. The summed E-state index contributed by atoms with van der Waals surface area (Å²) >= 11 is 5.45. The van der Waals surface area contributed by atoms with Crippen LogP contribution in [0.1, 0.15) is 29.3 Å². The van der Waals surface area contributed by atoms with Crippen LogP contribution in [0.15, 0.2) is 54.6 Å². The van der Waals surface area contributed by atoms with Gasteiger partial charge >= 0.3 is 0 Å². The lowest BCUT2D eigenvalue weighted by Crippen LogP contribution is -2.44. The van der Waals surface area contributed by atoms with E-state index in [1.54, 1.807) is 29.2 Å². The molecule has 0 aromatic heterocycles. The van der Waals surface area contributed by atoms with Crippen LogP contribution in [0.2, 0.25) is 0 Å². The van der Waals surface area contributed by atoms with Crippen LogP contribution in [-0.4, -0.2) is 54.7 Å². The highest BCUT2D eigenvalue weighted by atomic mass is 32.1. The standard InChI is InChI=1S/C23H29N3O4S/c1-2-29-15-16-30-20-10-6-9-19(17-20)22(28)25-23(31)26(14-12-21(24)27)13-11-18-7-4-3-5-8-18/h3-10,17H,2,11-16H2,1H3,(H2,24,27)(H,25,28,31). The molecule has 2 rings (SSSR count). The molecule has 0 spiro atoms. The van der Waals surface area contributed by atoms with Crippen molar-refractivity contribution in [3.8, 4) is 5.75 Å². The molecular weight excluding hydrogens is 414 g/mol. The molecule has 166 valence electrons. The molecule has 2 amide bonds. The van der Waals surface area contributed by atoms with Crippen LogP contribution < -0.4 is 15.8 Å². The second-order valence-electron chi connectivity index (χ2n) is 6.77. The summed E-state index contributed by atoms with van der Waals surface area (Å²) in [5, 5.41) is 3.00. The Morgan fingerprint density at radius 1 is 1.06 bits per heavy atom. The normalized spacial score (nSPS) is 10.4. The summed E-state index contributed by atoms with van der Waals surface area (Å²) in [7, 11) is 0. The molecule has 0 saturated carbocycles. The monoisotopic (exact) mass is 443 g/mol. The van der Waals surface area contributed by atoms with Crippen LogP contribution in [0.25, 0.3) is 0 Å². The summed E-state index contributed by atoms with van der Waals surface area (Å²) < 4.78 is 10.9. The maximum Gasteiger partial charge on any atom is 0.257 e. The van der Waals surface area contributed by atoms with Gasteiger partial charge in [0.2, 0.25) is 5.91 Å². The smallest absolute Gasteiger partial charge is 0.257 e. The van der Waals surface area contributed by atoms with E-state index in [4.69, 9.17) is 27.4 Å². The summed E-state index contributed by atoms with van der Waals surface area (Å²) in [5.74, 6) is -0.187. The number of carbonyl (C=O) groups is 2.